The van der Waals surface area contributed by atoms with Gasteiger partial charge >= 0.3 is 0 Å². The van der Waals surface area contributed by atoms with Crippen LogP contribution >= 0.6 is 12.4 Å². The standard InChI is InChI=1S/C17H27N3O4S.ClH/c1-24-12-11-18-9-10-19-17(21)14-5-4-8-16(13-14)25(22,23)20-15-6-2-3-7-15;/h4-5,8,13,15,18,20H,2-3,6-7,9-12H2,1H3,(H,19,21);1H. The van der Waals surface area contributed by atoms with Gasteiger partial charge in [-0.3, -0.25) is 4.79 Å². The van der Waals surface area contributed by atoms with E-state index in [1.54, 1.807) is 19.2 Å². The summed E-state index contributed by atoms with van der Waals surface area (Å²) in [5.41, 5.74) is 0.339. The SMILES string of the molecule is COCCNCCNC(=O)c1cccc(S(=O)(=O)NC2CCCC2)c1.Cl. The van der Waals surface area contributed by atoms with Gasteiger partial charge in [-0.05, 0) is 31.0 Å². The van der Waals surface area contributed by atoms with Gasteiger partial charge < -0.3 is 15.4 Å². The van der Waals surface area contributed by atoms with E-state index in [-0.39, 0.29) is 29.3 Å². The minimum Gasteiger partial charge on any atom is -0.383 e. The van der Waals surface area contributed by atoms with E-state index in [2.05, 4.69) is 15.4 Å². The van der Waals surface area contributed by atoms with E-state index in [0.717, 1.165) is 25.7 Å². The van der Waals surface area contributed by atoms with Crippen molar-refractivity contribution < 1.29 is 17.9 Å². The summed E-state index contributed by atoms with van der Waals surface area (Å²) < 4.78 is 32.6. The van der Waals surface area contributed by atoms with Gasteiger partial charge in [0.25, 0.3) is 5.91 Å². The Labute approximate surface area is 161 Å². The van der Waals surface area contributed by atoms with Gasteiger partial charge in [0.05, 0.1) is 11.5 Å². The van der Waals surface area contributed by atoms with E-state index >= 15 is 0 Å². The third kappa shape index (κ3) is 7.20. The van der Waals surface area contributed by atoms with Gasteiger partial charge in [0.15, 0.2) is 0 Å². The van der Waals surface area contributed by atoms with Crippen LogP contribution in [0.25, 0.3) is 0 Å². The van der Waals surface area contributed by atoms with Crippen molar-refractivity contribution in [2.75, 3.05) is 33.4 Å². The van der Waals surface area contributed by atoms with Crippen molar-refractivity contribution in [2.24, 2.45) is 0 Å². The number of hydrogen-bond acceptors (Lipinski definition) is 5. The number of rotatable bonds is 10. The maximum absolute atomic E-state index is 12.5. The molecule has 0 aromatic heterocycles. The largest absolute Gasteiger partial charge is 0.383 e. The Morgan fingerprint density at radius 2 is 1.92 bits per heavy atom. The number of carbonyl (C=O) groups is 1. The fourth-order valence-electron chi connectivity index (χ4n) is 2.80. The molecule has 3 N–H and O–H groups in total. The summed E-state index contributed by atoms with van der Waals surface area (Å²) >= 11 is 0. The molecule has 1 aliphatic rings. The van der Waals surface area contributed by atoms with E-state index in [0.29, 0.717) is 31.8 Å². The first kappa shape index (κ1) is 22.9. The van der Waals surface area contributed by atoms with Crippen LogP contribution < -0.4 is 15.4 Å². The summed E-state index contributed by atoms with van der Waals surface area (Å²) in [6.07, 6.45) is 3.84. The van der Waals surface area contributed by atoms with Crippen LogP contribution in [0.4, 0.5) is 0 Å². The molecule has 148 valence electrons. The third-order valence-corrected chi connectivity index (χ3v) is 5.67. The zero-order chi connectivity index (χ0) is 18.1. The average Bonchev–Trinajstić information content (AvgIpc) is 3.10. The maximum Gasteiger partial charge on any atom is 0.251 e. The lowest BCUT2D eigenvalue weighted by molar-refractivity contribution is 0.0953. The number of hydrogen-bond donors (Lipinski definition) is 3. The summed E-state index contributed by atoms with van der Waals surface area (Å²) in [5, 5.41) is 5.89. The number of carbonyl (C=O) groups excluding carboxylic acids is 1. The highest BCUT2D eigenvalue weighted by Gasteiger charge is 2.23. The first-order valence-corrected chi connectivity index (χ1v) is 10.1. The van der Waals surface area contributed by atoms with Crippen LogP contribution in [-0.2, 0) is 14.8 Å². The van der Waals surface area contributed by atoms with Crippen molar-refractivity contribution in [3.05, 3.63) is 29.8 Å². The van der Waals surface area contributed by atoms with Crippen LogP contribution in [-0.4, -0.2) is 53.7 Å². The van der Waals surface area contributed by atoms with E-state index in [1.807, 2.05) is 0 Å². The van der Waals surface area contributed by atoms with Gasteiger partial charge in [0, 0.05) is 38.3 Å². The van der Waals surface area contributed by atoms with Gasteiger partial charge in [0.2, 0.25) is 10.0 Å². The fraction of sp³-hybridized carbons (Fsp3) is 0.588. The Kier molecular flexibility index (Phi) is 10.1. The van der Waals surface area contributed by atoms with Crippen LogP contribution in [0, 0.1) is 0 Å². The molecule has 1 aliphatic carbocycles. The second-order valence-corrected chi connectivity index (χ2v) is 7.84. The summed E-state index contributed by atoms with van der Waals surface area (Å²) in [7, 11) is -1.96. The molecule has 7 nitrogen and oxygen atoms in total. The molecule has 0 unspecified atom stereocenters. The van der Waals surface area contributed by atoms with Crippen LogP contribution in [0.3, 0.4) is 0 Å². The lowest BCUT2D eigenvalue weighted by atomic mass is 10.2. The van der Waals surface area contributed by atoms with E-state index < -0.39 is 10.0 Å². The first-order chi connectivity index (χ1) is 12.0. The molecule has 0 bridgehead atoms. The van der Waals surface area contributed by atoms with Gasteiger partial charge in [-0.15, -0.1) is 12.4 Å². The zero-order valence-corrected chi connectivity index (χ0v) is 16.6. The first-order valence-electron chi connectivity index (χ1n) is 8.63. The lowest BCUT2D eigenvalue weighted by Gasteiger charge is -2.13. The summed E-state index contributed by atoms with van der Waals surface area (Å²) in [6, 6.07) is 6.14. The van der Waals surface area contributed by atoms with E-state index in [9.17, 15) is 13.2 Å². The normalized spacial score (nSPS) is 14.8. The predicted octanol–water partition coefficient (Wildman–Crippen LogP) is 1.30. The fourth-order valence-corrected chi connectivity index (χ4v) is 4.15. The van der Waals surface area contributed by atoms with Crippen molar-refractivity contribution >= 4 is 28.3 Å². The molecule has 0 heterocycles. The number of amides is 1. The van der Waals surface area contributed by atoms with E-state index in [4.69, 9.17) is 4.74 Å². The molecular weight excluding hydrogens is 378 g/mol. The smallest absolute Gasteiger partial charge is 0.251 e. The number of sulfonamides is 1. The number of benzene rings is 1. The van der Waals surface area contributed by atoms with Crippen LogP contribution in [0.5, 0.6) is 0 Å². The molecule has 1 saturated carbocycles. The minimum atomic E-state index is -3.59. The molecular formula is C17H28ClN3O4S. The van der Waals surface area contributed by atoms with Gasteiger partial charge in [-0.1, -0.05) is 18.9 Å². The Bertz CT molecular complexity index is 664. The zero-order valence-electron chi connectivity index (χ0n) is 15.0. The van der Waals surface area contributed by atoms with Crippen molar-refractivity contribution in [2.45, 2.75) is 36.6 Å². The lowest BCUT2D eigenvalue weighted by Crippen LogP contribution is -2.34. The monoisotopic (exact) mass is 405 g/mol. The summed E-state index contributed by atoms with van der Waals surface area (Å²) in [5.74, 6) is -0.286. The molecule has 0 radical (unpaired) electrons. The number of halogens is 1. The second-order valence-electron chi connectivity index (χ2n) is 6.13. The molecule has 0 saturated heterocycles. The van der Waals surface area contributed by atoms with Crippen LogP contribution in [0.2, 0.25) is 0 Å². The molecule has 0 aliphatic heterocycles. The minimum absolute atomic E-state index is 0. The predicted molar refractivity (Wildman–Crippen MR) is 103 cm³/mol. The molecule has 1 fully saturated rings. The van der Waals surface area contributed by atoms with Gasteiger partial charge in [-0.25, -0.2) is 13.1 Å². The highest BCUT2D eigenvalue weighted by atomic mass is 35.5. The molecule has 1 aromatic rings. The Morgan fingerprint density at radius 3 is 2.62 bits per heavy atom. The number of ether oxygens (including phenoxy) is 1. The Hall–Kier alpha value is -1.19. The molecule has 1 amide bonds. The Balaban J connectivity index is 0.00000338. The highest BCUT2D eigenvalue weighted by Crippen LogP contribution is 2.20. The second kappa shape index (κ2) is 11.5. The molecule has 1 aromatic carbocycles. The van der Waals surface area contributed by atoms with Crippen molar-refractivity contribution in [3.63, 3.8) is 0 Å². The number of methoxy groups -OCH3 is 1. The van der Waals surface area contributed by atoms with Gasteiger partial charge in [-0.2, -0.15) is 0 Å². The average molecular weight is 406 g/mol. The van der Waals surface area contributed by atoms with Crippen LogP contribution in [0.15, 0.2) is 29.2 Å². The van der Waals surface area contributed by atoms with Gasteiger partial charge in [0.1, 0.15) is 0 Å². The quantitative estimate of drug-likeness (QED) is 0.510. The molecule has 26 heavy (non-hydrogen) atoms. The van der Waals surface area contributed by atoms with Crippen LogP contribution in [0.1, 0.15) is 36.0 Å². The molecule has 9 heteroatoms. The highest BCUT2D eigenvalue weighted by molar-refractivity contribution is 7.89. The maximum atomic E-state index is 12.5. The third-order valence-electron chi connectivity index (χ3n) is 4.15. The van der Waals surface area contributed by atoms with Crippen molar-refractivity contribution in [1.29, 1.82) is 0 Å². The molecule has 0 spiro atoms. The molecule has 2 rings (SSSR count). The topological polar surface area (TPSA) is 96.5 Å². The summed E-state index contributed by atoms with van der Waals surface area (Å²) in [4.78, 5) is 12.3. The Morgan fingerprint density at radius 1 is 1.19 bits per heavy atom. The van der Waals surface area contributed by atoms with Crippen molar-refractivity contribution in [3.8, 4) is 0 Å². The van der Waals surface area contributed by atoms with Crippen molar-refractivity contribution in [1.82, 2.24) is 15.4 Å². The number of nitrogens with one attached hydrogen (secondary N) is 3. The summed E-state index contributed by atoms with van der Waals surface area (Å²) in [6.45, 7) is 2.41. The van der Waals surface area contributed by atoms with E-state index in [1.165, 1.54) is 12.1 Å². The molecule has 0 atom stereocenters.